The fraction of sp³-hybridized carbons (Fsp3) is 0.278. The molecule has 0 unspecified atom stereocenters. The van der Waals surface area contributed by atoms with Gasteiger partial charge >= 0.3 is 0 Å². The molecule has 0 aliphatic heterocycles. The van der Waals surface area contributed by atoms with E-state index in [9.17, 15) is 0 Å². The molecule has 0 aliphatic rings. The van der Waals surface area contributed by atoms with E-state index in [2.05, 4.69) is 46.1 Å². The van der Waals surface area contributed by atoms with Gasteiger partial charge in [-0.3, -0.25) is 4.40 Å². The molecular formula is C18H20ClN5. The molecule has 3 aromatic rings. The lowest BCUT2D eigenvalue weighted by molar-refractivity contribution is 0.866. The predicted molar refractivity (Wildman–Crippen MR) is 99.1 cm³/mol. The van der Waals surface area contributed by atoms with Crippen molar-refractivity contribution in [3.63, 3.8) is 0 Å². The van der Waals surface area contributed by atoms with Gasteiger partial charge in [0.1, 0.15) is 5.65 Å². The molecule has 2 aromatic heterocycles. The first-order chi connectivity index (χ1) is 11.6. The fourth-order valence-corrected chi connectivity index (χ4v) is 2.83. The summed E-state index contributed by atoms with van der Waals surface area (Å²) >= 11 is 6.07. The Morgan fingerprint density at radius 1 is 1.04 bits per heavy atom. The quantitative estimate of drug-likeness (QED) is 0.570. The molecular weight excluding hydrogens is 322 g/mol. The summed E-state index contributed by atoms with van der Waals surface area (Å²) in [5.74, 6) is 0.695. The first-order valence-corrected chi connectivity index (χ1v) is 8.41. The van der Waals surface area contributed by atoms with Crippen molar-refractivity contribution in [2.45, 2.75) is 20.8 Å². The number of fused-ring (bicyclic) bond motifs is 1. The van der Waals surface area contributed by atoms with Crippen LogP contribution in [0, 0.1) is 6.92 Å². The Bertz CT molecular complexity index is 863. The molecule has 0 N–H and O–H groups in total. The number of nitrogens with zero attached hydrogens (tertiary/aromatic N) is 5. The molecule has 5 nitrogen and oxygen atoms in total. The molecule has 0 saturated carbocycles. The second-order valence-electron chi connectivity index (χ2n) is 5.49. The molecule has 0 fully saturated rings. The first kappa shape index (κ1) is 16.5. The third-order valence-electron chi connectivity index (χ3n) is 3.96. The van der Waals surface area contributed by atoms with E-state index in [-0.39, 0.29) is 0 Å². The standard InChI is InChI=1S/C18H20ClN5/c1-4-23(5-2)16-9-7-15(8-10-16)21-22-18-13(3)20-17-11-6-14(19)12-24(17)18/h6-12H,4-5H2,1-3H3. The van der Waals surface area contributed by atoms with Gasteiger partial charge in [-0.2, -0.15) is 0 Å². The van der Waals surface area contributed by atoms with E-state index in [4.69, 9.17) is 11.6 Å². The Morgan fingerprint density at radius 3 is 2.42 bits per heavy atom. The minimum atomic E-state index is 0.639. The Hall–Kier alpha value is -2.40. The monoisotopic (exact) mass is 341 g/mol. The molecule has 0 spiro atoms. The molecule has 0 bridgehead atoms. The van der Waals surface area contributed by atoms with Crippen molar-refractivity contribution in [1.82, 2.24) is 9.38 Å². The molecule has 0 aliphatic carbocycles. The van der Waals surface area contributed by atoms with Gasteiger partial charge in [-0.05, 0) is 57.2 Å². The van der Waals surface area contributed by atoms with Crippen LogP contribution in [0.2, 0.25) is 5.02 Å². The number of rotatable bonds is 5. The second-order valence-corrected chi connectivity index (χ2v) is 5.92. The predicted octanol–water partition coefficient (Wildman–Crippen LogP) is 5.56. The lowest BCUT2D eigenvalue weighted by Gasteiger charge is -2.20. The van der Waals surface area contributed by atoms with E-state index < -0.39 is 0 Å². The summed E-state index contributed by atoms with van der Waals surface area (Å²) in [7, 11) is 0. The maximum atomic E-state index is 6.07. The van der Waals surface area contributed by atoms with Crippen molar-refractivity contribution in [3.8, 4) is 0 Å². The maximum absolute atomic E-state index is 6.07. The topological polar surface area (TPSA) is 45.3 Å². The highest BCUT2D eigenvalue weighted by molar-refractivity contribution is 6.30. The molecule has 1 aromatic carbocycles. The summed E-state index contributed by atoms with van der Waals surface area (Å²) < 4.78 is 1.85. The van der Waals surface area contributed by atoms with Crippen molar-refractivity contribution < 1.29 is 0 Å². The number of benzene rings is 1. The van der Waals surface area contributed by atoms with Crippen LogP contribution in [0.4, 0.5) is 17.2 Å². The molecule has 124 valence electrons. The number of imidazole rings is 1. The lowest BCUT2D eigenvalue weighted by Crippen LogP contribution is -2.21. The normalized spacial score (nSPS) is 11.5. The minimum Gasteiger partial charge on any atom is -0.372 e. The average Bonchev–Trinajstić information content (AvgIpc) is 2.90. The van der Waals surface area contributed by atoms with Crippen molar-refractivity contribution >= 4 is 34.4 Å². The van der Waals surface area contributed by atoms with Gasteiger partial charge in [0.25, 0.3) is 0 Å². The van der Waals surface area contributed by atoms with E-state index in [0.29, 0.717) is 10.8 Å². The van der Waals surface area contributed by atoms with Crippen molar-refractivity contribution in [2.24, 2.45) is 10.2 Å². The number of anilines is 1. The maximum Gasteiger partial charge on any atom is 0.182 e. The number of halogens is 1. The molecule has 24 heavy (non-hydrogen) atoms. The van der Waals surface area contributed by atoms with E-state index in [1.54, 1.807) is 6.20 Å². The highest BCUT2D eigenvalue weighted by Crippen LogP contribution is 2.26. The van der Waals surface area contributed by atoms with Gasteiger partial charge in [-0.25, -0.2) is 4.98 Å². The average molecular weight is 342 g/mol. The molecule has 0 atom stereocenters. The number of hydrogen-bond acceptors (Lipinski definition) is 4. The highest BCUT2D eigenvalue weighted by atomic mass is 35.5. The number of hydrogen-bond donors (Lipinski definition) is 0. The van der Waals surface area contributed by atoms with Gasteiger partial charge in [0.15, 0.2) is 5.82 Å². The highest BCUT2D eigenvalue weighted by Gasteiger charge is 2.08. The summed E-state index contributed by atoms with van der Waals surface area (Å²) in [6.07, 6.45) is 1.80. The Labute approximate surface area is 146 Å². The van der Waals surface area contributed by atoms with E-state index in [0.717, 1.165) is 30.1 Å². The first-order valence-electron chi connectivity index (χ1n) is 8.03. The zero-order valence-electron chi connectivity index (χ0n) is 14.1. The Kier molecular flexibility index (Phi) is 4.81. The summed E-state index contributed by atoms with van der Waals surface area (Å²) in [4.78, 5) is 6.76. The number of aromatic nitrogens is 2. The number of azo groups is 1. The molecule has 0 radical (unpaired) electrons. The van der Waals surface area contributed by atoms with Crippen LogP contribution in [0.5, 0.6) is 0 Å². The lowest BCUT2D eigenvalue weighted by atomic mass is 10.2. The second kappa shape index (κ2) is 7.01. The summed E-state index contributed by atoms with van der Waals surface area (Å²) in [6, 6.07) is 11.8. The molecule has 6 heteroatoms. The molecule has 0 saturated heterocycles. The van der Waals surface area contributed by atoms with Gasteiger partial charge in [-0.15, -0.1) is 10.2 Å². The third-order valence-corrected chi connectivity index (χ3v) is 4.19. The van der Waals surface area contributed by atoms with E-state index >= 15 is 0 Å². The Morgan fingerprint density at radius 2 is 1.75 bits per heavy atom. The smallest absolute Gasteiger partial charge is 0.182 e. The van der Waals surface area contributed by atoms with Gasteiger partial charge < -0.3 is 4.90 Å². The molecule has 3 rings (SSSR count). The van der Waals surface area contributed by atoms with Crippen LogP contribution in [-0.4, -0.2) is 22.5 Å². The Balaban J connectivity index is 1.88. The van der Waals surface area contributed by atoms with Gasteiger partial charge in [0.2, 0.25) is 0 Å². The van der Waals surface area contributed by atoms with Gasteiger partial charge in [0, 0.05) is 25.0 Å². The van der Waals surface area contributed by atoms with Crippen LogP contribution in [0.15, 0.2) is 52.8 Å². The van der Waals surface area contributed by atoms with Gasteiger partial charge in [0.05, 0.1) is 16.4 Å². The van der Waals surface area contributed by atoms with Crippen molar-refractivity contribution in [2.75, 3.05) is 18.0 Å². The van der Waals surface area contributed by atoms with Crippen LogP contribution in [0.3, 0.4) is 0 Å². The van der Waals surface area contributed by atoms with Crippen LogP contribution in [0.25, 0.3) is 5.65 Å². The van der Waals surface area contributed by atoms with Crippen molar-refractivity contribution in [1.29, 1.82) is 0 Å². The van der Waals surface area contributed by atoms with Crippen LogP contribution in [0.1, 0.15) is 19.5 Å². The van der Waals surface area contributed by atoms with Crippen LogP contribution in [-0.2, 0) is 0 Å². The summed E-state index contributed by atoms with van der Waals surface area (Å²) in [5, 5.41) is 9.36. The number of pyridine rings is 1. The van der Waals surface area contributed by atoms with Crippen LogP contribution < -0.4 is 4.90 Å². The van der Waals surface area contributed by atoms with Crippen molar-refractivity contribution in [3.05, 3.63) is 53.3 Å². The zero-order valence-corrected chi connectivity index (χ0v) is 14.8. The summed E-state index contributed by atoms with van der Waals surface area (Å²) in [5.41, 5.74) is 3.63. The minimum absolute atomic E-state index is 0.639. The number of aryl methyl sites for hydroxylation is 1. The SMILES string of the molecule is CCN(CC)c1ccc(N=Nc2c(C)nc3ccc(Cl)cn23)cc1. The van der Waals surface area contributed by atoms with E-state index in [1.807, 2.05) is 35.6 Å². The largest absolute Gasteiger partial charge is 0.372 e. The molecule has 0 amide bonds. The van der Waals surface area contributed by atoms with E-state index in [1.165, 1.54) is 5.69 Å². The van der Waals surface area contributed by atoms with Gasteiger partial charge in [-0.1, -0.05) is 11.6 Å². The fourth-order valence-electron chi connectivity index (χ4n) is 2.67. The zero-order chi connectivity index (χ0) is 17.1. The third kappa shape index (κ3) is 3.26. The van der Waals surface area contributed by atoms with Crippen LogP contribution >= 0.6 is 11.6 Å². The molecule has 2 heterocycles. The summed E-state index contributed by atoms with van der Waals surface area (Å²) in [6.45, 7) is 8.18.